The maximum atomic E-state index is 5.75. The quantitative estimate of drug-likeness (QED) is 0.780. The summed E-state index contributed by atoms with van der Waals surface area (Å²) in [6.07, 6.45) is 0. The van der Waals surface area contributed by atoms with Gasteiger partial charge in [-0.25, -0.2) is 0 Å². The standard InChI is InChI=1S/C16H28N2O/c1-6-18(7-2)12-15-11-14(13(4)17-5)9-10-16(15)19-8-3/h9-11,13,17H,6-8,12H2,1-5H3. The fraction of sp³-hybridized carbons (Fsp3) is 0.625. The third-order valence-corrected chi connectivity index (χ3v) is 3.61. The minimum Gasteiger partial charge on any atom is -0.494 e. The van der Waals surface area contributed by atoms with Crippen LogP contribution in [0.4, 0.5) is 0 Å². The van der Waals surface area contributed by atoms with Crippen molar-refractivity contribution in [3.8, 4) is 5.75 Å². The van der Waals surface area contributed by atoms with E-state index in [4.69, 9.17) is 4.74 Å². The third kappa shape index (κ3) is 4.51. The number of ether oxygens (including phenoxy) is 1. The lowest BCUT2D eigenvalue weighted by molar-refractivity contribution is 0.282. The molecule has 0 bridgehead atoms. The van der Waals surface area contributed by atoms with Gasteiger partial charge in [0.1, 0.15) is 5.75 Å². The van der Waals surface area contributed by atoms with E-state index in [0.717, 1.165) is 25.4 Å². The van der Waals surface area contributed by atoms with Crippen LogP contribution in [0.1, 0.15) is 44.9 Å². The molecule has 1 atom stereocenters. The molecule has 3 heteroatoms. The van der Waals surface area contributed by atoms with Crippen LogP contribution in [-0.4, -0.2) is 31.6 Å². The van der Waals surface area contributed by atoms with E-state index < -0.39 is 0 Å². The van der Waals surface area contributed by atoms with Crippen molar-refractivity contribution in [3.63, 3.8) is 0 Å². The first kappa shape index (κ1) is 16.0. The first-order valence-corrected chi connectivity index (χ1v) is 7.31. The van der Waals surface area contributed by atoms with Crippen LogP contribution >= 0.6 is 0 Å². The van der Waals surface area contributed by atoms with Crippen molar-refractivity contribution in [3.05, 3.63) is 29.3 Å². The van der Waals surface area contributed by atoms with Crippen molar-refractivity contribution >= 4 is 0 Å². The molecule has 1 unspecified atom stereocenters. The molecule has 0 aromatic heterocycles. The minimum absolute atomic E-state index is 0.367. The van der Waals surface area contributed by atoms with Gasteiger partial charge in [0, 0.05) is 18.2 Å². The van der Waals surface area contributed by atoms with Gasteiger partial charge in [0.25, 0.3) is 0 Å². The van der Waals surface area contributed by atoms with Crippen molar-refractivity contribution < 1.29 is 4.74 Å². The second kappa shape index (κ2) is 8.18. The number of nitrogens with zero attached hydrogens (tertiary/aromatic N) is 1. The molecule has 108 valence electrons. The summed E-state index contributed by atoms with van der Waals surface area (Å²) in [5.41, 5.74) is 2.60. The molecule has 0 aliphatic carbocycles. The van der Waals surface area contributed by atoms with Crippen LogP contribution in [-0.2, 0) is 6.54 Å². The van der Waals surface area contributed by atoms with E-state index >= 15 is 0 Å². The van der Waals surface area contributed by atoms with Gasteiger partial charge >= 0.3 is 0 Å². The van der Waals surface area contributed by atoms with E-state index in [2.05, 4.69) is 49.2 Å². The largest absolute Gasteiger partial charge is 0.494 e. The molecule has 0 radical (unpaired) electrons. The van der Waals surface area contributed by atoms with Crippen molar-refractivity contribution in [2.75, 3.05) is 26.7 Å². The molecule has 1 aromatic carbocycles. The topological polar surface area (TPSA) is 24.5 Å². The SMILES string of the molecule is CCOc1ccc(C(C)NC)cc1CN(CC)CC. The van der Waals surface area contributed by atoms with E-state index in [1.54, 1.807) is 0 Å². The van der Waals surface area contributed by atoms with Crippen LogP contribution in [0.15, 0.2) is 18.2 Å². The Labute approximate surface area is 118 Å². The van der Waals surface area contributed by atoms with Crippen molar-refractivity contribution in [1.82, 2.24) is 10.2 Å². The van der Waals surface area contributed by atoms with Crippen LogP contribution in [0.3, 0.4) is 0 Å². The molecule has 0 amide bonds. The predicted octanol–water partition coefficient (Wildman–Crippen LogP) is 3.21. The summed E-state index contributed by atoms with van der Waals surface area (Å²) in [6.45, 7) is 12.4. The van der Waals surface area contributed by atoms with E-state index in [0.29, 0.717) is 12.6 Å². The first-order valence-electron chi connectivity index (χ1n) is 7.31. The molecular formula is C16H28N2O. The number of hydrogen-bond donors (Lipinski definition) is 1. The average Bonchev–Trinajstić information content (AvgIpc) is 2.45. The first-order chi connectivity index (χ1) is 9.15. The van der Waals surface area contributed by atoms with Crippen molar-refractivity contribution in [1.29, 1.82) is 0 Å². The zero-order valence-electron chi connectivity index (χ0n) is 13.0. The lowest BCUT2D eigenvalue weighted by Gasteiger charge is -2.21. The summed E-state index contributed by atoms with van der Waals surface area (Å²) < 4.78 is 5.75. The van der Waals surface area contributed by atoms with E-state index in [-0.39, 0.29) is 0 Å². The maximum Gasteiger partial charge on any atom is 0.123 e. The molecule has 1 rings (SSSR count). The minimum atomic E-state index is 0.367. The number of hydrogen-bond acceptors (Lipinski definition) is 3. The van der Waals surface area contributed by atoms with Gasteiger partial charge in [-0.2, -0.15) is 0 Å². The Morgan fingerprint density at radius 1 is 1.21 bits per heavy atom. The molecular weight excluding hydrogens is 236 g/mol. The fourth-order valence-corrected chi connectivity index (χ4v) is 2.14. The molecule has 1 aromatic rings. The Bertz CT molecular complexity index is 375. The summed E-state index contributed by atoms with van der Waals surface area (Å²) >= 11 is 0. The molecule has 0 spiro atoms. The monoisotopic (exact) mass is 264 g/mol. The van der Waals surface area contributed by atoms with Crippen LogP contribution < -0.4 is 10.1 Å². The van der Waals surface area contributed by atoms with Gasteiger partial charge in [-0.05, 0) is 51.7 Å². The third-order valence-electron chi connectivity index (χ3n) is 3.61. The maximum absolute atomic E-state index is 5.75. The highest BCUT2D eigenvalue weighted by Crippen LogP contribution is 2.25. The Morgan fingerprint density at radius 3 is 2.42 bits per heavy atom. The van der Waals surface area contributed by atoms with E-state index in [9.17, 15) is 0 Å². The van der Waals surface area contributed by atoms with Gasteiger partial charge in [-0.3, -0.25) is 4.90 Å². The molecule has 1 N–H and O–H groups in total. The Hall–Kier alpha value is -1.06. The van der Waals surface area contributed by atoms with Crippen LogP contribution in [0.5, 0.6) is 5.75 Å². The van der Waals surface area contributed by atoms with Gasteiger partial charge in [0.2, 0.25) is 0 Å². The van der Waals surface area contributed by atoms with Gasteiger partial charge in [0.05, 0.1) is 6.61 Å². The normalized spacial score (nSPS) is 12.7. The fourth-order valence-electron chi connectivity index (χ4n) is 2.14. The van der Waals surface area contributed by atoms with E-state index in [1.807, 2.05) is 14.0 Å². The highest BCUT2D eigenvalue weighted by molar-refractivity contribution is 5.38. The van der Waals surface area contributed by atoms with Crippen LogP contribution in [0, 0.1) is 0 Å². The highest BCUT2D eigenvalue weighted by atomic mass is 16.5. The lowest BCUT2D eigenvalue weighted by atomic mass is 10.0. The summed E-state index contributed by atoms with van der Waals surface area (Å²) in [6, 6.07) is 6.89. The van der Waals surface area contributed by atoms with Crippen LogP contribution in [0.25, 0.3) is 0 Å². The Balaban J connectivity index is 3.00. The number of nitrogens with one attached hydrogen (secondary N) is 1. The van der Waals surface area contributed by atoms with E-state index in [1.165, 1.54) is 11.1 Å². The Kier molecular flexibility index (Phi) is 6.89. The van der Waals surface area contributed by atoms with Gasteiger partial charge in [-0.1, -0.05) is 19.9 Å². The number of rotatable bonds is 8. The number of benzene rings is 1. The Morgan fingerprint density at radius 2 is 1.89 bits per heavy atom. The molecule has 0 aliphatic heterocycles. The van der Waals surface area contributed by atoms with Crippen molar-refractivity contribution in [2.24, 2.45) is 0 Å². The lowest BCUT2D eigenvalue weighted by Crippen LogP contribution is -2.23. The molecule has 3 nitrogen and oxygen atoms in total. The summed E-state index contributed by atoms with van der Waals surface area (Å²) in [5.74, 6) is 1.02. The molecule has 0 saturated heterocycles. The van der Waals surface area contributed by atoms with Gasteiger partial charge < -0.3 is 10.1 Å². The molecule has 19 heavy (non-hydrogen) atoms. The summed E-state index contributed by atoms with van der Waals surface area (Å²) in [7, 11) is 1.99. The predicted molar refractivity (Wildman–Crippen MR) is 81.7 cm³/mol. The molecule has 0 saturated carbocycles. The summed E-state index contributed by atoms with van der Waals surface area (Å²) in [5, 5.41) is 3.29. The second-order valence-corrected chi connectivity index (χ2v) is 4.77. The highest BCUT2D eigenvalue weighted by Gasteiger charge is 2.11. The second-order valence-electron chi connectivity index (χ2n) is 4.77. The smallest absolute Gasteiger partial charge is 0.123 e. The average molecular weight is 264 g/mol. The van der Waals surface area contributed by atoms with Gasteiger partial charge in [0.15, 0.2) is 0 Å². The molecule has 0 heterocycles. The zero-order valence-corrected chi connectivity index (χ0v) is 13.0. The van der Waals surface area contributed by atoms with Crippen LogP contribution in [0.2, 0.25) is 0 Å². The molecule has 0 aliphatic rings. The molecule has 0 fully saturated rings. The summed E-state index contributed by atoms with van der Waals surface area (Å²) in [4.78, 5) is 2.41. The van der Waals surface area contributed by atoms with Crippen molar-refractivity contribution in [2.45, 2.75) is 40.3 Å². The van der Waals surface area contributed by atoms with Gasteiger partial charge in [-0.15, -0.1) is 0 Å². The zero-order chi connectivity index (χ0) is 14.3.